The Hall–Kier alpha value is -2.35. The van der Waals surface area contributed by atoms with Gasteiger partial charge in [0.25, 0.3) is 5.91 Å². The molecule has 0 aliphatic heterocycles. The van der Waals surface area contributed by atoms with E-state index in [4.69, 9.17) is 5.26 Å². The molecular formula is C11H11N3O2. The molecule has 0 saturated carbocycles. The largest absolute Gasteiger partial charge is 0.339 e. The zero-order valence-corrected chi connectivity index (χ0v) is 8.78. The summed E-state index contributed by atoms with van der Waals surface area (Å²) in [6.45, 7) is 1.39. The predicted molar refractivity (Wildman–Crippen MR) is 58.7 cm³/mol. The SMILES string of the molecule is CC(=O)Nc1ccc(C(=O)NCC#N)cc1. The first kappa shape index (κ1) is 11.7. The zero-order chi connectivity index (χ0) is 12.0. The smallest absolute Gasteiger partial charge is 0.252 e. The molecule has 0 atom stereocenters. The van der Waals surface area contributed by atoms with Crippen molar-refractivity contribution < 1.29 is 9.59 Å². The van der Waals surface area contributed by atoms with Gasteiger partial charge in [-0.05, 0) is 24.3 Å². The lowest BCUT2D eigenvalue weighted by atomic mass is 10.2. The maximum absolute atomic E-state index is 11.4. The van der Waals surface area contributed by atoms with Gasteiger partial charge in [0.05, 0.1) is 6.07 Å². The van der Waals surface area contributed by atoms with Gasteiger partial charge in [0.15, 0.2) is 0 Å². The molecular weight excluding hydrogens is 206 g/mol. The van der Waals surface area contributed by atoms with Gasteiger partial charge in [0, 0.05) is 18.2 Å². The fraction of sp³-hybridized carbons (Fsp3) is 0.182. The van der Waals surface area contributed by atoms with Gasteiger partial charge in [-0.1, -0.05) is 0 Å². The van der Waals surface area contributed by atoms with Crippen LogP contribution in [0, 0.1) is 11.3 Å². The molecule has 0 spiro atoms. The van der Waals surface area contributed by atoms with Crippen molar-refractivity contribution in [1.29, 1.82) is 5.26 Å². The van der Waals surface area contributed by atoms with Crippen molar-refractivity contribution in [2.24, 2.45) is 0 Å². The van der Waals surface area contributed by atoms with E-state index in [-0.39, 0.29) is 18.4 Å². The molecule has 1 rings (SSSR count). The van der Waals surface area contributed by atoms with Crippen molar-refractivity contribution in [3.8, 4) is 6.07 Å². The van der Waals surface area contributed by atoms with Gasteiger partial charge >= 0.3 is 0 Å². The summed E-state index contributed by atoms with van der Waals surface area (Å²) in [7, 11) is 0. The highest BCUT2D eigenvalue weighted by atomic mass is 16.2. The number of anilines is 1. The normalized spacial score (nSPS) is 9.00. The summed E-state index contributed by atoms with van der Waals surface area (Å²) in [5, 5.41) is 13.3. The molecule has 0 aliphatic rings. The number of hydrogen-bond donors (Lipinski definition) is 2. The van der Waals surface area contributed by atoms with Crippen LogP contribution in [0.3, 0.4) is 0 Å². The summed E-state index contributed by atoms with van der Waals surface area (Å²) in [6.07, 6.45) is 0. The number of nitriles is 1. The Morgan fingerprint density at radius 2 is 1.94 bits per heavy atom. The molecule has 2 N–H and O–H groups in total. The van der Waals surface area contributed by atoms with Gasteiger partial charge in [0.2, 0.25) is 5.91 Å². The Labute approximate surface area is 93.1 Å². The van der Waals surface area contributed by atoms with Crippen molar-refractivity contribution in [3.05, 3.63) is 29.8 Å². The second-order valence-corrected chi connectivity index (χ2v) is 3.10. The Kier molecular flexibility index (Phi) is 4.04. The van der Waals surface area contributed by atoms with Gasteiger partial charge in [0.1, 0.15) is 6.54 Å². The van der Waals surface area contributed by atoms with Crippen LogP contribution in [0.2, 0.25) is 0 Å². The first-order valence-electron chi connectivity index (χ1n) is 4.66. The van der Waals surface area contributed by atoms with E-state index in [1.165, 1.54) is 6.92 Å². The summed E-state index contributed by atoms with van der Waals surface area (Å²) >= 11 is 0. The summed E-state index contributed by atoms with van der Waals surface area (Å²) in [6, 6.07) is 8.23. The molecule has 0 unspecified atom stereocenters. The van der Waals surface area contributed by atoms with Crippen LogP contribution >= 0.6 is 0 Å². The number of amides is 2. The lowest BCUT2D eigenvalue weighted by Gasteiger charge is -2.04. The van der Waals surface area contributed by atoms with Crippen LogP contribution in [0.25, 0.3) is 0 Å². The first-order valence-corrected chi connectivity index (χ1v) is 4.66. The Morgan fingerprint density at radius 3 is 2.44 bits per heavy atom. The summed E-state index contributed by atoms with van der Waals surface area (Å²) in [4.78, 5) is 22.1. The van der Waals surface area contributed by atoms with Crippen LogP contribution in [-0.2, 0) is 4.79 Å². The van der Waals surface area contributed by atoms with Crippen LogP contribution in [-0.4, -0.2) is 18.4 Å². The molecule has 0 aromatic heterocycles. The second-order valence-electron chi connectivity index (χ2n) is 3.10. The molecule has 16 heavy (non-hydrogen) atoms. The molecule has 1 aromatic rings. The van der Waals surface area contributed by atoms with Crippen LogP contribution in [0.15, 0.2) is 24.3 Å². The second kappa shape index (κ2) is 5.51. The number of nitrogens with zero attached hydrogens (tertiary/aromatic N) is 1. The average molecular weight is 217 g/mol. The number of rotatable bonds is 3. The van der Waals surface area contributed by atoms with E-state index in [1.807, 2.05) is 6.07 Å². The van der Waals surface area contributed by atoms with E-state index < -0.39 is 0 Å². The average Bonchev–Trinajstić information content (AvgIpc) is 2.26. The van der Waals surface area contributed by atoms with Gasteiger partial charge < -0.3 is 10.6 Å². The predicted octanol–water partition coefficient (Wildman–Crippen LogP) is 0.898. The molecule has 0 saturated heterocycles. The molecule has 0 radical (unpaired) electrons. The lowest BCUT2D eigenvalue weighted by molar-refractivity contribution is -0.114. The number of nitrogens with one attached hydrogen (secondary N) is 2. The van der Waals surface area contributed by atoms with Crippen molar-refractivity contribution in [2.75, 3.05) is 11.9 Å². The Balaban J connectivity index is 2.67. The number of hydrogen-bond acceptors (Lipinski definition) is 3. The maximum Gasteiger partial charge on any atom is 0.252 e. The van der Waals surface area contributed by atoms with E-state index in [2.05, 4.69) is 10.6 Å². The van der Waals surface area contributed by atoms with E-state index in [1.54, 1.807) is 24.3 Å². The molecule has 2 amide bonds. The van der Waals surface area contributed by atoms with E-state index in [0.717, 1.165) is 0 Å². The molecule has 5 heteroatoms. The first-order chi connectivity index (χ1) is 7.63. The van der Waals surface area contributed by atoms with Crippen molar-refractivity contribution in [1.82, 2.24) is 5.32 Å². The Bertz CT molecular complexity index is 432. The topological polar surface area (TPSA) is 82.0 Å². The minimum Gasteiger partial charge on any atom is -0.339 e. The van der Waals surface area contributed by atoms with E-state index in [9.17, 15) is 9.59 Å². The quantitative estimate of drug-likeness (QED) is 0.738. The standard InChI is InChI=1S/C11H11N3O2/c1-8(15)14-10-4-2-9(3-5-10)11(16)13-7-6-12/h2-5H,7H2,1H3,(H,13,16)(H,14,15). The minimum atomic E-state index is -0.309. The highest BCUT2D eigenvalue weighted by Gasteiger charge is 2.04. The van der Waals surface area contributed by atoms with Gasteiger partial charge in [-0.25, -0.2) is 0 Å². The monoisotopic (exact) mass is 217 g/mol. The van der Waals surface area contributed by atoms with Crippen molar-refractivity contribution >= 4 is 17.5 Å². The Morgan fingerprint density at radius 1 is 1.31 bits per heavy atom. The minimum absolute atomic E-state index is 0.0215. The maximum atomic E-state index is 11.4. The van der Waals surface area contributed by atoms with E-state index in [0.29, 0.717) is 11.3 Å². The molecule has 0 aliphatic carbocycles. The lowest BCUT2D eigenvalue weighted by Crippen LogP contribution is -2.23. The molecule has 0 fully saturated rings. The van der Waals surface area contributed by atoms with Crippen LogP contribution in [0.5, 0.6) is 0 Å². The number of carbonyl (C=O) groups excluding carboxylic acids is 2. The van der Waals surface area contributed by atoms with Gasteiger partial charge in [-0.3, -0.25) is 9.59 Å². The van der Waals surface area contributed by atoms with E-state index >= 15 is 0 Å². The third kappa shape index (κ3) is 3.42. The molecule has 82 valence electrons. The van der Waals surface area contributed by atoms with Crippen LogP contribution in [0.4, 0.5) is 5.69 Å². The third-order valence-electron chi connectivity index (χ3n) is 1.80. The fourth-order valence-corrected chi connectivity index (χ4v) is 1.13. The highest BCUT2D eigenvalue weighted by molar-refractivity contribution is 5.95. The number of benzene rings is 1. The summed E-state index contributed by atoms with van der Waals surface area (Å²) in [5.74, 6) is -0.474. The molecule has 0 heterocycles. The van der Waals surface area contributed by atoms with Crippen LogP contribution < -0.4 is 10.6 Å². The molecule has 1 aromatic carbocycles. The van der Waals surface area contributed by atoms with Gasteiger partial charge in [-0.15, -0.1) is 0 Å². The third-order valence-corrected chi connectivity index (χ3v) is 1.80. The summed E-state index contributed by atoms with van der Waals surface area (Å²) in [5.41, 5.74) is 1.08. The van der Waals surface area contributed by atoms with Crippen LogP contribution in [0.1, 0.15) is 17.3 Å². The number of carbonyl (C=O) groups is 2. The molecule has 5 nitrogen and oxygen atoms in total. The van der Waals surface area contributed by atoms with Gasteiger partial charge in [-0.2, -0.15) is 5.26 Å². The highest BCUT2D eigenvalue weighted by Crippen LogP contribution is 2.09. The van der Waals surface area contributed by atoms with Crippen molar-refractivity contribution in [3.63, 3.8) is 0 Å². The molecule has 0 bridgehead atoms. The zero-order valence-electron chi connectivity index (χ0n) is 8.78. The summed E-state index contributed by atoms with van der Waals surface area (Å²) < 4.78 is 0. The van der Waals surface area contributed by atoms with Crippen molar-refractivity contribution in [2.45, 2.75) is 6.92 Å². The fourth-order valence-electron chi connectivity index (χ4n) is 1.13.